The Balaban J connectivity index is 2.00. The summed E-state index contributed by atoms with van der Waals surface area (Å²) >= 11 is 1.12. The number of nitrogens with zero attached hydrogens (tertiary/aromatic N) is 4. The van der Waals surface area contributed by atoms with Crippen LogP contribution < -0.4 is 5.73 Å². The van der Waals surface area contributed by atoms with E-state index in [1.807, 2.05) is 0 Å². The van der Waals surface area contributed by atoms with Crippen LogP contribution in [0.2, 0.25) is 0 Å². The maximum absolute atomic E-state index is 10.3. The van der Waals surface area contributed by atoms with Crippen LogP contribution in [0.3, 0.4) is 0 Å². The number of aromatic nitrogens is 4. The van der Waals surface area contributed by atoms with Crippen molar-refractivity contribution in [3.05, 3.63) is 12.7 Å². The molecule has 0 aromatic carbocycles. The van der Waals surface area contributed by atoms with E-state index < -0.39 is 29.5 Å². The van der Waals surface area contributed by atoms with Gasteiger partial charge in [-0.25, -0.2) is 15.0 Å². The van der Waals surface area contributed by atoms with Gasteiger partial charge >= 0.3 is 0 Å². The Morgan fingerprint density at radius 2 is 2.05 bits per heavy atom. The molecule has 2 aromatic rings. The van der Waals surface area contributed by atoms with Crippen LogP contribution in [0.1, 0.15) is 13.2 Å². The van der Waals surface area contributed by atoms with Crippen molar-refractivity contribution in [2.45, 2.75) is 36.4 Å². The highest BCUT2D eigenvalue weighted by atomic mass is 32.2. The topological polar surface area (TPSA) is 140 Å². The van der Waals surface area contributed by atoms with E-state index in [1.165, 1.54) is 24.1 Å². The van der Waals surface area contributed by atoms with Gasteiger partial charge in [0.05, 0.1) is 6.33 Å². The van der Waals surface area contributed by atoms with Crippen molar-refractivity contribution in [1.82, 2.24) is 19.5 Å². The lowest BCUT2D eigenvalue weighted by atomic mass is 10.1. The van der Waals surface area contributed by atoms with Crippen LogP contribution in [0.15, 0.2) is 12.7 Å². The second-order valence-electron chi connectivity index (χ2n) is 5.27. The van der Waals surface area contributed by atoms with E-state index in [4.69, 9.17) is 10.5 Å². The summed E-state index contributed by atoms with van der Waals surface area (Å²) in [5.74, 6) is 0.212. The van der Waals surface area contributed by atoms with Crippen molar-refractivity contribution in [1.29, 1.82) is 0 Å². The summed E-state index contributed by atoms with van der Waals surface area (Å²) in [4.78, 5) is 10.7. The summed E-state index contributed by atoms with van der Waals surface area (Å²) in [5.41, 5.74) is 6.49. The standard InChI is InChI=1S/C12H17N5O4S/c1-12(20,22-2)8-6(18)7(19)11(21-8)17-4-16-5-9(13)14-3-15-10(5)17/h3-4,6-8,11,18-20H,1-2H3,(H2,13,14,15)/t6-,7+,8-,11+,12?/m0/s1. The highest BCUT2D eigenvalue weighted by molar-refractivity contribution is 7.99. The second kappa shape index (κ2) is 5.32. The third kappa shape index (κ3) is 2.23. The van der Waals surface area contributed by atoms with Crippen LogP contribution in [0.4, 0.5) is 5.82 Å². The SMILES string of the molecule is CSC(C)(O)[C@H]1O[C@@H](n2cnc3c(N)ncnc32)[C@H](O)[C@@H]1O. The molecule has 1 aliphatic heterocycles. The van der Waals surface area contributed by atoms with Gasteiger partial charge in [-0.3, -0.25) is 4.57 Å². The first-order chi connectivity index (χ1) is 10.4. The van der Waals surface area contributed by atoms with Gasteiger partial charge < -0.3 is 25.8 Å². The predicted octanol–water partition coefficient (Wildman–Crippen LogP) is -0.901. The molecule has 0 amide bonds. The summed E-state index contributed by atoms with van der Waals surface area (Å²) in [6.45, 7) is 1.52. The van der Waals surface area contributed by atoms with E-state index in [0.717, 1.165) is 11.8 Å². The summed E-state index contributed by atoms with van der Waals surface area (Å²) in [5, 5.41) is 30.7. The van der Waals surface area contributed by atoms with Gasteiger partial charge in [0.15, 0.2) is 17.7 Å². The number of hydrogen-bond acceptors (Lipinski definition) is 9. The van der Waals surface area contributed by atoms with Gasteiger partial charge in [-0.15, -0.1) is 11.8 Å². The average Bonchev–Trinajstić information content (AvgIpc) is 3.03. The number of nitrogens with two attached hydrogens (primary N) is 1. The normalized spacial score (nSPS) is 31.5. The molecular formula is C12H17N5O4S. The van der Waals surface area contributed by atoms with Crippen LogP contribution in [0, 0.1) is 0 Å². The number of rotatable bonds is 3. The quantitative estimate of drug-likeness (QED) is 0.528. The number of anilines is 1. The number of hydrogen-bond donors (Lipinski definition) is 4. The molecule has 1 aliphatic rings. The minimum atomic E-state index is -1.35. The van der Waals surface area contributed by atoms with Crippen LogP contribution >= 0.6 is 11.8 Å². The monoisotopic (exact) mass is 327 g/mol. The van der Waals surface area contributed by atoms with E-state index in [9.17, 15) is 15.3 Å². The molecule has 120 valence electrons. The van der Waals surface area contributed by atoms with Gasteiger partial charge in [0.25, 0.3) is 0 Å². The molecule has 3 rings (SSSR count). The molecule has 0 radical (unpaired) electrons. The predicted molar refractivity (Wildman–Crippen MR) is 79.8 cm³/mol. The van der Waals surface area contributed by atoms with E-state index in [1.54, 1.807) is 6.26 Å². The van der Waals surface area contributed by atoms with E-state index in [-0.39, 0.29) is 5.82 Å². The lowest BCUT2D eigenvalue weighted by Gasteiger charge is -2.29. The number of nitrogen functional groups attached to an aromatic ring is 1. The summed E-state index contributed by atoms with van der Waals surface area (Å²) in [7, 11) is 0. The molecule has 1 fully saturated rings. The Kier molecular flexibility index (Phi) is 3.73. The van der Waals surface area contributed by atoms with Crippen LogP contribution in [-0.2, 0) is 4.74 Å². The molecule has 1 unspecified atom stereocenters. The summed E-state index contributed by atoms with van der Waals surface area (Å²) in [6.07, 6.45) is 0.00440. The number of thioether (sulfide) groups is 1. The summed E-state index contributed by atoms with van der Waals surface area (Å²) < 4.78 is 7.15. The first-order valence-corrected chi connectivity index (χ1v) is 7.81. The molecule has 0 aliphatic carbocycles. The molecule has 22 heavy (non-hydrogen) atoms. The Labute approximate surface area is 130 Å². The maximum Gasteiger partial charge on any atom is 0.167 e. The first-order valence-electron chi connectivity index (χ1n) is 6.59. The zero-order valence-electron chi connectivity index (χ0n) is 12.0. The molecule has 1 saturated heterocycles. The second-order valence-corrected chi connectivity index (χ2v) is 6.50. The van der Waals surface area contributed by atoms with Crippen LogP contribution in [0.5, 0.6) is 0 Å². The number of aliphatic hydroxyl groups is 3. The average molecular weight is 327 g/mol. The van der Waals surface area contributed by atoms with Gasteiger partial charge in [-0.1, -0.05) is 0 Å². The van der Waals surface area contributed by atoms with Crippen molar-refractivity contribution in [3.63, 3.8) is 0 Å². The molecule has 3 heterocycles. The van der Waals surface area contributed by atoms with Gasteiger partial charge in [0.1, 0.15) is 35.1 Å². The minimum Gasteiger partial charge on any atom is -0.387 e. The largest absolute Gasteiger partial charge is 0.387 e. The Morgan fingerprint density at radius 1 is 1.32 bits per heavy atom. The third-order valence-corrected chi connectivity index (χ3v) is 4.90. The van der Waals surface area contributed by atoms with E-state index >= 15 is 0 Å². The summed E-state index contributed by atoms with van der Waals surface area (Å²) in [6, 6.07) is 0. The zero-order chi connectivity index (χ0) is 16.1. The maximum atomic E-state index is 10.3. The van der Waals surface area contributed by atoms with Crippen molar-refractivity contribution < 1.29 is 20.1 Å². The molecule has 0 saturated carbocycles. The lowest BCUT2D eigenvalue weighted by molar-refractivity contribution is -0.0910. The number of ether oxygens (including phenoxy) is 1. The van der Waals surface area contributed by atoms with Gasteiger partial charge in [0, 0.05) is 0 Å². The van der Waals surface area contributed by atoms with Crippen molar-refractivity contribution in [3.8, 4) is 0 Å². The molecule has 2 aromatic heterocycles. The number of imidazole rings is 1. The molecular weight excluding hydrogens is 310 g/mol. The highest BCUT2D eigenvalue weighted by Crippen LogP contribution is 2.39. The molecule has 9 nitrogen and oxygen atoms in total. The fraction of sp³-hybridized carbons (Fsp3) is 0.583. The van der Waals surface area contributed by atoms with Crippen LogP contribution in [-0.4, -0.2) is 64.3 Å². The van der Waals surface area contributed by atoms with Crippen LogP contribution in [0.25, 0.3) is 11.2 Å². The van der Waals surface area contributed by atoms with Gasteiger partial charge in [-0.05, 0) is 13.2 Å². The molecule has 5 atom stereocenters. The van der Waals surface area contributed by atoms with Gasteiger partial charge in [-0.2, -0.15) is 0 Å². The molecule has 0 bridgehead atoms. The van der Waals surface area contributed by atoms with E-state index in [2.05, 4.69) is 15.0 Å². The smallest absolute Gasteiger partial charge is 0.167 e. The molecule has 5 N–H and O–H groups in total. The molecule has 10 heteroatoms. The van der Waals surface area contributed by atoms with Gasteiger partial charge in [0.2, 0.25) is 0 Å². The number of fused-ring (bicyclic) bond motifs is 1. The van der Waals surface area contributed by atoms with Crippen molar-refractivity contribution >= 4 is 28.7 Å². The number of aliphatic hydroxyl groups excluding tert-OH is 2. The van der Waals surface area contributed by atoms with Crippen molar-refractivity contribution in [2.75, 3.05) is 12.0 Å². The lowest BCUT2D eigenvalue weighted by Crippen LogP contribution is -2.44. The fourth-order valence-corrected chi connectivity index (χ4v) is 2.93. The van der Waals surface area contributed by atoms with E-state index in [0.29, 0.717) is 11.2 Å². The molecule has 0 spiro atoms. The minimum absolute atomic E-state index is 0.212. The zero-order valence-corrected chi connectivity index (χ0v) is 12.8. The Hall–Kier alpha value is -1.46. The fourth-order valence-electron chi connectivity index (χ4n) is 2.50. The first kappa shape index (κ1) is 15.4. The Bertz CT molecular complexity index is 693. The third-order valence-electron chi connectivity index (χ3n) is 3.84. The highest BCUT2D eigenvalue weighted by Gasteiger charge is 2.51. The Morgan fingerprint density at radius 3 is 2.73 bits per heavy atom. The van der Waals surface area contributed by atoms with Crippen molar-refractivity contribution in [2.24, 2.45) is 0 Å².